The van der Waals surface area contributed by atoms with E-state index in [1.54, 1.807) is 17.0 Å². The Kier molecular flexibility index (Phi) is 10.0. The number of hydrogen-bond acceptors (Lipinski definition) is 5. The summed E-state index contributed by atoms with van der Waals surface area (Å²) in [5.74, 6) is -2.44. The topological polar surface area (TPSA) is 133 Å². The maximum Gasteiger partial charge on any atom is 0.326 e. The Balaban J connectivity index is 1.62. The second-order valence-corrected chi connectivity index (χ2v) is 11.7. The monoisotopic (exact) mass is 543 g/mol. The minimum absolute atomic E-state index is 0.100. The van der Waals surface area contributed by atoms with Gasteiger partial charge in [0.05, 0.1) is 4.90 Å². The molecule has 10 heteroatoms. The summed E-state index contributed by atoms with van der Waals surface area (Å²) in [5.41, 5.74) is 1.74. The summed E-state index contributed by atoms with van der Waals surface area (Å²) in [4.78, 5) is 39.7. The summed E-state index contributed by atoms with van der Waals surface area (Å²) < 4.78 is 28.6. The molecule has 2 amide bonds. The number of nitrogens with zero attached hydrogens (tertiary/aromatic N) is 1. The molecule has 0 bridgehead atoms. The number of sulfonamides is 1. The van der Waals surface area contributed by atoms with E-state index in [0.717, 1.165) is 11.1 Å². The van der Waals surface area contributed by atoms with Crippen LogP contribution in [0.25, 0.3) is 0 Å². The zero-order chi connectivity index (χ0) is 27.9. The van der Waals surface area contributed by atoms with Crippen molar-refractivity contribution in [2.24, 2.45) is 11.8 Å². The van der Waals surface area contributed by atoms with Crippen LogP contribution in [0.2, 0.25) is 0 Å². The highest BCUT2D eigenvalue weighted by Crippen LogP contribution is 2.22. The summed E-state index contributed by atoms with van der Waals surface area (Å²) in [6, 6.07) is 13.6. The Bertz CT molecular complexity index is 1210. The van der Waals surface area contributed by atoms with Crippen molar-refractivity contribution < 1.29 is 27.9 Å². The lowest BCUT2D eigenvalue weighted by atomic mass is 9.93. The number of carbonyl (C=O) groups excluding carboxylic acids is 2. The molecule has 1 aliphatic heterocycles. The number of piperidine rings is 1. The number of hydrogen-bond donors (Lipinski definition) is 3. The molecule has 1 fully saturated rings. The molecule has 3 rings (SSSR count). The third-order valence-electron chi connectivity index (χ3n) is 7.17. The summed E-state index contributed by atoms with van der Waals surface area (Å²) in [6.45, 7) is 6.17. The lowest BCUT2D eigenvalue weighted by Gasteiger charge is -2.35. The van der Waals surface area contributed by atoms with E-state index >= 15 is 0 Å². The molecule has 0 spiro atoms. The molecule has 206 valence electrons. The molecule has 0 radical (unpaired) electrons. The molecular formula is C28H37N3O6S. The molecule has 3 N–H and O–H groups in total. The van der Waals surface area contributed by atoms with E-state index in [2.05, 4.69) is 10.0 Å². The standard InChI is InChI=1S/C28H37N3O6S/c1-4-20(3)25(30-38(36,37)23-12-10-19(2)11-13-23)27(33)31-16-14-22(15-17-31)26(32)29-24(28(34)35)18-21-8-6-5-7-9-21/h5-13,20,22,24-25,30H,4,14-18H2,1-3H3,(H,29,32)(H,34,35)/t20-,24-,25-/m0/s1. The number of aryl methyl sites for hydroxylation is 1. The van der Waals surface area contributed by atoms with Gasteiger partial charge in [-0.2, -0.15) is 4.72 Å². The van der Waals surface area contributed by atoms with Gasteiger partial charge in [0.1, 0.15) is 12.1 Å². The normalized spacial score (nSPS) is 16.9. The molecule has 0 aliphatic carbocycles. The molecule has 9 nitrogen and oxygen atoms in total. The van der Waals surface area contributed by atoms with E-state index in [4.69, 9.17) is 0 Å². The molecule has 0 saturated carbocycles. The van der Waals surface area contributed by atoms with E-state index < -0.39 is 34.0 Å². The van der Waals surface area contributed by atoms with Crippen molar-refractivity contribution in [1.29, 1.82) is 0 Å². The average molecular weight is 544 g/mol. The number of rotatable bonds is 11. The number of nitrogens with one attached hydrogen (secondary N) is 2. The van der Waals surface area contributed by atoms with Crippen LogP contribution in [-0.4, -0.2) is 61.4 Å². The van der Waals surface area contributed by atoms with Crippen LogP contribution in [0.4, 0.5) is 0 Å². The van der Waals surface area contributed by atoms with Crippen molar-refractivity contribution >= 4 is 27.8 Å². The lowest BCUT2D eigenvalue weighted by Crippen LogP contribution is -2.54. The molecule has 1 heterocycles. The van der Waals surface area contributed by atoms with Gasteiger partial charge < -0.3 is 15.3 Å². The van der Waals surface area contributed by atoms with Crippen molar-refractivity contribution in [2.75, 3.05) is 13.1 Å². The first-order valence-corrected chi connectivity index (χ1v) is 14.4. The van der Waals surface area contributed by atoms with Gasteiger partial charge in [0, 0.05) is 25.4 Å². The number of benzene rings is 2. The number of likely N-dealkylation sites (tertiary alicyclic amines) is 1. The van der Waals surface area contributed by atoms with Crippen LogP contribution < -0.4 is 10.0 Å². The fourth-order valence-electron chi connectivity index (χ4n) is 4.50. The SMILES string of the molecule is CC[C@H](C)[C@H](NS(=O)(=O)c1ccc(C)cc1)C(=O)N1CCC(C(=O)N[C@@H](Cc2ccccc2)C(=O)O)CC1. The van der Waals surface area contributed by atoms with Crippen LogP contribution in [0.5, 0.6) is 0 Å². The fourth-order valence-corrected chi connectivity index (χ4v) is 5.79. The first-order chi connectivity index (χ1) is 18.0. The van der Waals surface area contributed by atoms with Crippen LogP contribution in [-0.2, 0) is 30.8 Å². The van der Waals surface area contributed by atoms with Gasteiger partial charge in [0.15, 0.2) is 0 Å². The first-order valence-electron chi connectivity index (χ1n) is 13.0. The van der Waals surface area contributed by atoms with E-state index in [9.17, 15) is 27.9 Å². The third-order valence-corrected chi connectivity index (χ3v) is 8.62. The highest BCUT2D eigenvalue weighted by Gasteiger charge is 2.36. The molecular weight excluding hydrogens is 506 g/mol. The molecule has 1 saturated heterocycles. The Hall–Kier alpha value is -3.24. The lowest BCUT2D eigenvalue weighted by molar-refractivity contribution is -0.143. The van der Waals surface area contributed by atoms with Crippen molar-refractivity contribution in [2.45, 2.75) is 63.4 Å². The quantitative estimate of drug-likeness (QED) is 0.399. The van der Waals surface area contributed by atoms with Gasteiger partial charge in [-0.3, -0.25) is 9.59 Å². The summed E-state index contributed by atoms with van der Waals surface area (Å²) in [7, 11) is -3.90. The Morgan fingerprint density at radius 3 is 2.18 bits per heavy atom. The number of amides is 2. The second-order valence-electron chi connectivity index (χ2n) is 9.99. The molecule has 0 aromatic heterocycles. The highest BCUT2D eigenvalue weighted by atomic mass is 32.2. The Labute approximate surface area is 224 Å². The third kappa shape index (κ3) is 7.64. The average Bonchev–Trinajstić information content (AvgIpc) is 2.91. The van der Waals surface area contributed by atoms with Gasteiger partial charge in [0.2, 0.25) is 21.8 Å². The fraction of sp³-hybridized carbons (Fsp3) is 0.464. The number of carbonyl (C=O) groups is 3. The van der Waals surface area contributed by atoms with E-state index in [1.807, 2.05) is 51.1 Å². The van der Waals surface area contributed by atoms with Gasteiger partial charge in [-0.05, 0) is 43.4 Å². The second kappa shape index (κ2) is 13.0. The largest absolute Gasteiger partial charge is 0.480 e. The van der Waals surface area contributed by atoms with Gasteiger partial charge in [-0.1, -0.05) is 68.3 Å². The van der Waals surface area contributed by atoms with Crippen LogP contribution in [0.15, 0.2) is 59.5 Å². The van der Waals surface area contributed by atoms with Crippen LogP contribution >= 0.6 is 0 Å². The van der Waals surface area contributed by atoms with Gasteiger partial charge in [-0.15, -0.1) is 0 Å². The molecule has 38 heavy (non-hydrogen) atoms. The smallest absolute Gasteiger partial charge is 0.326 e. The van der Waals surface area contributed by atoms with Crippen LogP contribution in [0, 0.1) is 18.8 Å². The molecule has 2 aromatic carbocycles. The molecule has 0 unspecified atom stereocenters. The van der Waals surface area contributed by atoms with Crippen molar-refractivity contribution in [1.82, 2.24) is 14.9 Å². The van der Waals surface area contributed by atoms with Crippen molar-refractivity contribution in [3.8, 4) is 0 Å². The zero-order valence-corrected chi connectivity index (χ0v) is 22.9. The van der Waals surface area contributed by atoms with E-state index in [0.29, 0.717) is 19.3 Å². The number of carboxylic acids is 1. The van der Waals surface area contributed by atoms with Crippen LogP contribution in [0.3, 0.4) is 0 Å². The van der Waals surface area contributed by atoms with Gasteiger partial charge in [0.25, 0.3) is 0 Å². The molecule has 2 aromatic rings. The minimum atomic E-state index is -3.90. The predicted molar refractivity (Wildman–Crippen MR) is 144 cm³/mol. The highest BCUT2D eigenvalue weighted by molar-refractivity contribution is 7.89. The zero-order valence-electron chi connectivity index (χ0n) is 22.1. The van der Waals surface area contributed by atoms with Gasteiger partial charge in [-0.25, -0.2) is 13.2 Å². The number of aliphatic carboxylic acids is 1. The van der Waals surface area contributed by atoms with Crippen molar-refractivity contribution in [3.05, 3.63) is 65.7 Å². The Morgan fingerprint density at radius 1 is 1.03 bits per heavy atom. The Morgan fingerprint density at radius 2 is 1.63 bits per heavy atom. The minimum Gasteiger partial charge on any atom is -0.480 e. The van der Waals surface area contributed by atoms with Crippen molar-refractivity contribution in [3.63, 3.8) is 0 Å². The molecule has 1 aliphatic rings. The van der Waals surface area contributed by atoms with E-state index in [-0.39, 0.29) is 42.1 Å². The summed E-state index contributed by atoms with van der Waals surface area (Å²) in [5, 5.41) is 12.2. The summed E-state index contributed by atoms with van der Waals surface area (Å²) >= 11 is 0. The first kappa shape index (κ1) is 29.3. The van der Waals surface area contributed by atoms with Gasteiger partial charge >= 0.3 is 5.97 Å². The maximum absolute atomic E-state index is 13.4. The van der Waals surface area contributed by atoms with Crippen LogP contribution in [0.1, 0.15) is 44.2 Å². The predicted octanol–water partition coefficient (Wildman–Crippen LogP) is 2.74. The maximum atomic E-state index is 13.4. The molecule has 3 atom stereocenters. The number of carboxylic acid groups (broad SMARTS) is 1. The summed E-state index contributed by atoms with van der Waals surface area (Å²) in [6.07, 6.45) is 1.51. The van der Waals surface area contributed by atoms with E-state index in [1.165, 1.54) is 12.1 Å².